The molecule has 0 aliphatic rings. The Bertz CT molecular complexity index is 1070. The lowest BCUT2D eigenvalue weighted by Gasteiger charge is -2.10. The summed E-state index contributed by atoms with van der Waals surface area (Å²) >= 11 is 0. The second-order valence-electron chi connectivity index (χ2n) is 6.78. The smallest absolute Gasteiger partial charge is 0.256 e. The maximum Gasteiger partial charge on any atom is 0.256 e. The number of rotatable bonds is 7. The van der Waals surface area contributed by atoms with Crippen molar-refractivity contribution in [3.05, 3.63) is 57.5 Å². The Kier molecular flexibility index (Phi) is 6.01. The Morgan fingerprint density at radius 3 is 2.55 bits per heavy atom. The maximum atomic E-state index is 12.1. The van der Waals surface area contributed by atoms with E-state index in [1.165, 1.54) is 10.9 Å². The molecule has 10 heteroatoms. The first-order valence-corrected chi connectivity index (χ1v) is 9.25. The van der Waals surface area contributed by atoms with Crippen LogP contribution in [-0.4, -0.2) is 48.5 Å². The summed E-state index contributed by atoms with van der Waals surface area (Å²) in [5.41, 5.74) is 2.91. The van der Waals surface area contributed by atoms with Gasteiger partial charge in [-0.1, -0.05) is 0 Å². The van der Waals surface area contributed by atoms with E-state index in [0.717, 1.165) is 11.4 Å². The monoisotopic (exact) mass is 396 g/mol. The molecule has 0 fully saturated rings. The Labute approximate surface area is 168 Å². The molecular formula is C19H24N8O2. The van der Waals surface area contributed by atoms with Gasteiger partial charge in [-0.2, -0.15) is 5.10 Å². The summed E-state index contributed by atoms with van der Waals surface area (Å²) in [4.78, 5) is 28.3. The Balaban J connectivity index is 1.47. The van der Waals surface area contributed by atoms with E-state index in [-0.39, 0.29) is 18.0 Å². The van der Waals surface area contributed by atoms with Gasteiger partial charge in [0.25, 0.3) is 5.56 Å². The zero-order valence-corrected chi connectivity index (χ0v) is 16.9. The lowest BCUT2D eigenvalue weighted by molar-refractivity contribution is -0.121. The molecule has 0 spiro atoms. The molecule has 0 aliphatic carbocycles. The highest BCUT2D eigenvalue weighted by Crippen LogP contribution is 2.10. The summed E-state index contributed by atoms with van der Waals surface area (Å²) in [6.45, 7) is 8.13. The second-order valence-corrected chi connectivity index (χ2v) is 6.78. The van der Waals surface area contributed by atoms with Crippen LogP contribution >= 0.6 is 0 Å². The van der Waals surface area contributed by atoms with Crippen molar-refractivity contribution in [1.82, 2.24) is 34.8 Å². The minimum absolute atomic E-state index is 0.0654. The van der Waals surface area contributed by atoms with Gasteiger partial charge < -0.3 is 10.6 Å². The topological polar surface area (TPSA) is 120 Å². The second kappa shape index (κ2) is 8.63. The van der Waals surface area contributed by atoms with Gasteiger partial charge in [0.1, 0.15) is 12.4 Å². The van der Waals surface area contributed by atoms with Crippen LogP contribution in [0.25, 0.3) is 5.82 Å². The average Bonchev–Trinajstić information content (AvgIpc) is 3.04. The van der Waals surface area contributed by atoms with E-state index in [2.05, 4.69) is 30.9 Å². The van der Waals surface area contributed by atoms with Crippen molar-refractivity contribution in [3.8, 4) is 5.82 Å². The average molecular weight is 396 g/mol. The van der Waals surface area contributed by atoms with Gasteiger partial charge in [-0.15, -0.1) is 10.2 Å². The summed E-state index contributed by atoms with van der Waals surface area (Å²) in [5.74, 6) is 0.978. The molecule has 3 rings (SSSR count). The van der Waals surface area contributed by atoms with Crippen LogP contribution in [0.5, 0.6) is 0 Å². The van der Waals surface area contributed by atoms with Gasteiger partial charge in [0, 0.05) is 30.0 Å². The molecule has 3 aromatic heterocycles. The van der Waals surface area contributed by atoms with Crippen molar-refractivity contribution in [2.45, 2.75) is 34.2 Å². The number of carbonyl (C=O) groups excluding carboxylic acids is 1. The van der Waals surface area contributed by atoms with E-state index in [4.69, 9.17) is 0 Å². The summed E-state index contributed by atoms with van der Waals surface area (Å²) in [6, 6.07) is 5.60. The summed E-state index contributed by atoms with van der Waals surface area (Å²) in [7, 11) is 0. The molecule has 0 atom stereocenters. The normalized spacial score (nSPS) is 10.8. The lowest BCUT2D eigenvalue weighted by Crippen LogP contribution is -2.35. The van der Waals surface area contributed by atoms with Gasteiger partial charge >= 0.3 is 0 Å². The predicted octanol–water partition coefficient (Wildman–Crippen LogP) is 0.681. The number of hydrogen-bond acceptors (Lipinski definition) is 7. The van der Waals surface area contributed by atoms with Crippen molar-refractivity contribution in [2.24, 2.45) is 0 Å². The molecule has 0 radical (unpaired) electrons. The Morgan fingerprint density at radius 2 is 1.90 bits per heavy atom. The number of nitrogens with one attached hydrogen (secondary N) is 2. The van der Waals surface area contributed by atoms with Crippen molar-refractivity contribution in [1.29, 1.82) is 0 Å². The minimum atomic E-state index is -0.259. The number of amides is 1. The highest BCUT2D eigenvalue weighted by molar-refractivity contribution is 5.75. The van der Waals surface area contributed by atoms with Crippen LogP contribution in [0.1, 0.15) is 22.6 Å². The minimum Gasteiger partial charge on any atom is -0.367 e. The van der Waals surface area contributed by atoms with Crippen LogP contribution in [0.3, 0.4) is 0 Å². The summed E-state index contributed by atoms with van der Waals surface area (Å²) < 4.78 is 3.03. The number of carbonyl (C=O) groups is 1. The van der Waals surface area contributed by atoms with Crippen molar-refractivity contribution in [2.75, 3.05) is 18.4 Å². The van der Waals surface area contributed by atoms with Gasteiger partial charge in [-0.25, -0.2) is 9.67 Å². The fraction of sp³-hybridized carbons (Fsp3) is 0.368. The molecule has 0 saturated heterocycles. The van der Waals surface area contributed by atoms with Crippen LogP contribution < -0.4 is 16.2 Å². The molecule has 3 aromatic rings. The molecule has 2 N–H and O–H groups in total. The molecule has 0 bridgehead atoms. The van der Waals surface area contributed by atoms with Crippen molar-refractivity contribution in [3.63, 3.8) is 0 Å². The van der Waals surface area contributed by atoms with Gasteiger partial charge in [-0.05, 0) is 45.9 Å². The van der Waals surface area contributed by atoms with E-state index in [9.17, 15) is 9.59 Å². The molecule has 3 heterocycles. The first-order valence-electron chi connectivity index (χ1n) is 9.25. The van der Waals surface area contributed by atoms with E-state index < -0.39 is 0 Å². The third kappa shape index (κ3) is 4.84. The number of anilines is 1. The zero-order chi connectivity index (χ0) is 21.0. The molecule has 0 saturated carbocycles. The number of aryl methyl sites for hydroxylation is 3. The first kappa shape index (κ1) is 20.2. The molecule has 0 aliphatic heterocycles. The quantitative estimate of drug-likeness (QED) is 0.564. The third-order valence-corrected chi connectivity index (χ3v) is 4.46. The molecule has 0 aromatic carbocycles. The van der Waals surface area contributed by atoms with E-state index in [0.29, 0.717) is 36.0 Å². The molecule has 29 heavy (non-hydrogen) atoms. The lowest BCUT2D eigenvalue weighted by atomic mass is 10.3. The van der Waals surface area contributed by atoms with Crippen molar-refractivity contribution >= 4 is 11.7 Å². The number of nitrogens with zero attached hydrogens (tertiary/aromatic N) is 6. The standard InChI is InChI=1S/C19H24N8O2/c1-12-9-13(2)27(25-12)17-6-5-16(23-24-17)20-7-8-21-18(28)10-26-11-22-15(4)14(3)19(26)29/h5-6,9,11H,7-8,10H2,1-4H3,(H,20,23)(H,21,28). The van der Waals surface area contributed by atoms with Crippen LogP contribution in [0.2, 0.25) is 0 Å². The molecule has 152 valence electrons. The van der Waals surface area contributed by atoms with E-state index >= 15 is 0 Å². The third-order valence-electron chi connectivity index (χ3n) is 4.46. The number of aromatic nitrogens is 6. The molecule has 1 amide bonds. The summed E-state index contributed by atoms with van der Waals surface area (Å²) in [6.07, 6.45) is 1.39. The highest BCUT2D eigenvalue weighted by Gasteiger charge is 2.08. The SMILES string of the molecule is Cc1cc(C)n(-c2ccc(NCCNC(=O)Cn3cnc(C)c(C)c3=O)nn2)n1. The predicted molar refractivity (Wildman–Crippen MR) is 108 cm³/mol. The maximum absolute atomic E-state index is 12.1. The van der Waals surface area contributed by atoms with Gasteiger partial charge in [-0.3, -0.25) is 14.2 Å². The van der Waals surface area contributed by atoms with Crippen molar-refractivity contribution < 1.29 is 4.79 Å². The molecule has 0 unspecified atom stereocenters. The van der Waals surface area contributed by atoms with Gasteiger partial charge in [0.05, 0.1) is 12.0 Å². The largest absolute Gasteiger partial charge is 0.367 e. The Hall–Kier alpha value is -3.56. The van der Waals surface area contributed by atoms with Gasteiger partial charge in [0.2, 0.25) is 5.91 Å². The first-order chi connectivity index (χ1) is 13.8. The number of hydrogen-bond donors (Lipinski definition) is 2. The highest BCUT2D eigenvalue weighted by atomic mass is 16.2. The fourth-order valence-corrected chi connectivity index (χ4v) is 2.78. The summed E-state index contributed by atoms with van der Waals surface area (Å²) in [5, 5.41) is 18.5. The molecular weight excluding hydrogens is 372 g/mol. The Morgan fingerprint density at radius 1 is 1.10 bits per heavy atom. The van der Waals surface area contributed by atoms with Crippen LogP contribution in [-0.2, 0) is 11.3 Å². The van der Waals surface area contributed by atoms with Gasteiger partial charge in [0.15, 0.2) is 5.82 Å². The van der Waals surface area contributed by atoms with E-state index in [1.807, 2.05) is 26.0 Å². The molecule has 10 nitrogen and oxygen atoms in total. The zero-order valence-electron chi connectivity index (χ0n) is 16.9. The van der Waals surface area contributed by atoms with Crippen LogP contribution in [0.4, 0.5) is 5.82 Å². The van der Waals surface area contributed by atoms with Crippen LogP contribution in [0, 0.1) is 27.7 Å². The fourth-order valence-electron chi connectivity index (χ4n) is 2.78. The van der Waals surface area contributed by atoms with E-state index in [1.54, 1.807) is 24.6 Å². The van der Waals surface area contributed by atoms with Crippen LogP contribution in [0.15, 0.2) is 29.3 Å².